The molecule has 1 fully saturated rings. The fraction of sp³-hybridized carbons (Fsp3) is 0.391. The molecule has 2 aromatic carbocycles. The highest BCUT2D eigenvalue weighted by atomic mass is 19.1. The first kappa shape index (κ1) is 18.6. The van der Waals surface area contributed by atoms with Crippen molar-refractivity contribution in [3.05, 3.63) is 71.0 Å². The average molecular weight is 350 g/mol. The summed E-state index contributed by atoms with van der Waals surface area (Å²) < 4.78 is 13.2. The second-order valence-corrected chi connectivity index (χ2v) is 7.97. The molecule has 3 rings (SSSR count). The maximum absolute atomic E-state index is 13.2. The van der Waals surface area contributed by atoms with Gasteiger partial charge in [-0.15, -0.1) is 6.42 Å². The normalized spacial score (nSPS) is 19.3. The molecule has 0 spiro atoms. The molecule has 0 N–H and O–H groups in total. The van der Waals surface area contributed by atoms with E-state index in [0.29, 0.717) is 0 Å². The number of piperazine rings is 1. The number of nitrogens with zero attached hydrogens (tertiary/aromatic N) is 2. The molecule has 1 heterocycles. The molecule has 26 heavy (non-hydrogen) atoms. The van der Waals surface area contributed by atoms with Crippen molar-refractivity contribution in [3.8, 4) is 12.3 Å². The fourth-order valence-corrected chi connectivity index (χ4v) is 3.82. The summed E-state index contributed by atoms with van der Waals surface area (Å²) in [5.41, 5.74) is 3.39. The quantitative estimate of drug-likeness (QED) is 0.754. The molecule has 2 nitrogen and oxygen atoms in total. The van der Waals surface area contributed by atoms with Crippen LogP contribution in [0.4, 0.5) is 4.39 Å². The Morgan fingerprint density at radius 2 is 1.77 bits per heavy atom. The second kappa shape index (κ2) is 7.61. The van der Waals surface area contributed by atoms with Gasteiger partial charge in [-0.1, -0.05) is 36.3 Å². The Bertz CT molecular complexity index is 783. The Labute approximate surface area is 156 Å². The predicted octanol–water partition coefficient (Wildman–Crippen LogP) is 4.46. The third kappa shape index (κ3) is 4.15. The minimum atomic E-state index is -0.188. The highest BCUT2D eigenvalue weighted by molar-refractivity contribution is 5.42. The maximum atomic E-state index is 13.2. The molecular weight excluding hydrogens is 323 g/mol. The first-order valence-corrected chi connectivity index (χ1v) is 9.17. The van der Waals surface area contributed by atoms with E-state index in [1.54, 1.807) is 0 Å². The van der Waals surface area contributed by atoms with Crippen molar-refractivity contribution >= 4 is 0 Å². The third-order valence-corrected chi connectivity index (χ3v) is 5.12. The van der Waals surface area contributed by atoms with Gasteiger partial charge in [0, 0.05) is 43.3 Å². The molecule has 1 unspecified atom stereocenters. The van der Waals surface area contributed by atoms with Gasteiger partial charge in [0.15, 0.2) is 0 Å². The van der Waals surface area contributed by atoms with Crippen molar-refractivity contribution in [1.29, 1.82) is 0 Å². The molecular formula is C23H27FN2. The van der Waals surface area contributed by atoms with E-state index < -0.39 is 0 Å². The smallest absolute Gasteiger partial charge is 0.123 e. The first-order valence-electron chi connectivity index (χ1n) is 9.17. The molecule has 0 amide bonds. The minimum absolute atomic E-state index is 0.0638. The van der Waals surface area contributed by atoms with Gasteiger partial charge in [-0.25, -0.2) is 4.39 Å². The minimum Gasteiger partial charge on any atom is -0.296 e. The lowest BCUT2D eigenvalue weighted by atomic mass is 9.92. The van der Waals surface area contributed by atoms with Crippen LogP contribution < -0.4 is 0 Å². The van der Waals surface area contributed by atoms with Crippen molar-refractivity contribution in [2.75, 3.05) is 19.6 Å². The van der Waals surface area contributed by atoms with E-state index in [1.807, 2.05) is 24.3 Å². The van der Waals surface area contributed by atoms with E-state index in [4.69, 9.17) is 6.42 Å². The Morgan fingerprint density at radius 1 is 1.08 bits per heavy atom. The number of terminal acetylenes is 1. The van der Waals surface area contributed by atoms with Crippen molar-refractivity contribution < 1.29 is 4.39 Å². The van der Waals surface area contributed by atoms with E-state index in [9.17, 15) is 4.39 Å². The van der Waals surface area contributed by atoms with Gasteiger partial charge in [0.2, 0.25) is 0 Å². The van der Waals surface area contributed by atoms with Crippen molar-refractivity contribution in [3.63, 3.8) is 0 Å². The molecule has 1 atom stereocenters. The summed E-state index contributed by atoms with van der Waals surface area (Å²) in [7, 11) is 0. The zero-order valence-electron chi connectivity index (χ0n) is 15.9. The van der Waals surface area contributed by atoms with E-state index in [2.05, 4.69) is 48.6 Å². The van der Waals surface area contributed by atoms with Crippen molar-refractivity contribution in [2.24, 2.45) is 0 Å². The van der Waals surface area contributed by atoms with Crippen LogP contribution in [0.25, 0.3) is 0 Å². The standard InChI is InChI=1S/C23H27FN2/c1-5-19-8-6-7-9-21(19)22-17-25(14-15-26(22)23(2,3)4)16-18-10-12-20(24)13-11-18/h1,6-13,22H,14-17H2,2-4H3. The topological polar surface area (TPSA) is 6.48 Å². The summed E-state index contributed by atoms with van der Waals surface area (Å²) in [6.07, 6.45) is 5.77. The second-order valence-electron chi connectivity index (χ2n) is 7.97. The van der Waals surface area contributed by atoms with Crippen LogP contribution in [0.2, 0.25) is 0 Å². The number of hydrogen-bond donors (Lipinski definition) is 0. The average Bonchev–Trinajstić information content (AvgIpc) is 2.62. The molecule has 3 heteroatoms. The number of rotatable bonds is 3. The predicted molar refractivity (Wildman–Crippen MR) is 105 cm³/mol. The van der Waals surface area contributed by atoms with Gasteiger partial charge in [-0.05, 0) is 50.1 Å². The number of halogens is 1. The van der Waals surface area contributed by atoms with Gasteiger partial charge in [0.1, 0.15) is 5.82 Å². The van der Waals surface area contributed by atoms with E-state index >= 15 is 0 Å². The summed E-state index contributed by atoms with van der Waals surface area (Å²) in [5, 5.41) is 0. The number of benzene rings is 2. The Morgan fingerprint density at radius 3 is 2.42 bits per heavy atom. The molecule has 0 radical (unpaired) electrons. The molecule has 0 aliphatic carbocycles. The Balaban J connectivity index is 1.86. The third-order valence-electron chi connectivity index (χ3n) is 5.12. The lowest BCUT2D eigenvalue weighted by Gasteiger charge is -2.48. The van der Waals surface area contributed by atoms with Crippen LogP contribution >= 0.6 is 0 Å². The summed E-state index contributed by atoms with van der Waals surface area (Å²) in [5.74, 6) is 2.66. The number of hydrogen-bond acceptors (Lipinski definition) is 2. The van der Waals surface area contributed by atoms with Crippen LogP contribution in [-0.2, 0) is 6.54 Å². The monoisotopic (exact) mass is 350 g/mol. The van der Waals surface area contributed by atoms with Crippen LogP contribution in [0.15, 0.2) is 48.5 Å². The van der Waals surface area contributed by atoms with Gasteiger partial charge in [0.05, 0.1) is 0 Å². The van der Waals surface area contributed by atoms with Crippen LogP contribution in [0.1, 0.15) is 43.5 Å². The molecule has 2 aromatic rings. The summed E-state index contributed by atoms with van der Waals surface area (Å²) >= 11 is 0. The van der Waals surface area contributed by atoms with Gasteiger partial charge in [-0.2, -0.15) is 0 Å². The molecule has 1 aliphatic heterocycles. The van der Waals surface area contributed by atoms with Gasteiger partial charge >= 0.3 is 0 Å². The Hall–Kier alpha value is -2.15. The van der Waals surface area contributed by atoms with Crippen molar-refractivity contribution in [1.82, 2.24) is 9.80 Å². The molecule has 0 bridgehead atoms. The largest absolute Gasteiger partial charge is 0.296 e. The molecule has 1 aliphatic rings. The molecule has 136 valence electrons. The van der Waals surface area contributed by atoms with E-state index in [-0.39, 0.29) is 17.4 Å². The first-order chi connectivity index (χ1) is 12.4. The summed E-state index contributed by atoms with van der Waals surface area (Å²) in [6.45, 7) is 10.5. The lowest BCUT2D eigenvalue weighted by Crippen LogP contribution is -2.54. The molecule has 0 saturated carbocycles. The van der Waals surface area contributed by atoms with E-state index in [1.165, 1.54) is 17.7 Å². The zero-order valence-corrected chi connectivity index (χ0v) is 15.9. The molecule has 0 aromatic heterocycles. The SMILES string of the molecule is C#Cc1ccccc1C1CN(Cc2ccc(F)cc2)CCN1C(C)(C)C. The highest BCUT2D eigenvalue weighted by Crippen LogP contribution is 2.33. The fourth-order valence-electron chi connectivity index (χ4n) is 3.82. The van der Waals surface area contributed by atoms with Gasteiger partial charge < -0.3 is 0 Å². The maximum Gasteiger partial charge on any atom is 0.123 e. The van der Waals surface area contributed by atoms with Crippen LogP contribution in [0.5, 0.6) is 0 Å². The Kier molecular flexibility index (Phi) is 5.46. The summed E-state index contributed by atoms with van der Waals surface area (Å²) in [6, 6.07) is 15.3. The molecule has 1 saturated heterocycles. The van der Waals surface area contributed by atoms with Crippen LogP contribution in [0.3, 0.4) is 0 Å². The highest BCUT2D eigenvalue weighted by Gasteiger charge is 2.35. The van der Waals surface area contributed by atoms with Gasteiger partial charge in [-0.3, -0.25) is 9.80 Å². The summed E-state index contributed by atoms with van der Waals surface area (Å²) in [4.78, 5) is 4.98. The lowest BCUT2D eigenvalue weighted by molar-refractivity contribution is 0.00588. The van der Waals surface area contributed by atoms with E-state index in [0.717, 1.165) is 37.3 Å². The van der Waals surface area contributed by atoms with Crippen LogP contribution in [0, 0.1) is 18.2 Å². The van der Waals surface area contributed by atoms with Crippen molar-refractivity contribution in [2.45, 2.75) is 38.9 Å². The zero-order chi connectivity index (χ0) is 18.7. The van der Waals surface area contributed by atoms with Crippen LogP contribution in [-0.4, -0.2) is 35.0 Å². The van der Waals surface area contributed by atoms with Gasteiger partial charge in [0.25, 0.3) is 0 Å².